The Hall–Kier alpha value is -1.72. The van der Waals surface area contributed by atoms with Crippen molar-refractivity contribution in [1.82, 2.24) is 10.1 Å². The summed E-state index contributed by atoms with van der Waals surface area (Å²) in [5, 5.41) is 4.01. The Morgan fingerprint density at radius 1 is 1.26 bits per heavy atom. The van der Waals surface area contributed by atoms with Gasteiger partial charge in [-0.3, -0.25) is 0 Å². The Bertz CT molecular complexity index is 530. The van der Waals surface area contributed by atoms with Crippen LogP contribution in [0.5, 0.6) is 0 Å². The lowest BCUT2D eigenvalue weighted by Crippen LogP contribution is -2.08. The van der Waals surface area contributed by atoms with Crippen molar-refractivity contribution >= 4 is 0 Å². The average Bonchev–Trinajstić information content (AvgIpc) is 3.11. The lowest BCUT2D eigenvalue weighted by atomic mass is 10.1. The van der Waals surface area contributed by atoms with Gasteiger partial charge in [-0.15, -0.1) is 0 Å². The first kappa shape index (κ1) is 12.3. The molecule has 100 valence electrons. The molecule has 2 heterocycles. The molecule has 0 bridgehead atoms. The molecule has 0 radical (unpaired) electrons. The van der Waals surface area contributed by atoms with Crippen LogP contribution in [0, 0.1) is 0 Å². The summed E-state index contributed by atoms with van der Waals surface area (Å²) in [5.41, 5.74) is 7.60. The Morgan fingerprint density at radius 2 is 2.11 bits per heavy atom. The first-order chi connectivity index (χ1) is 9.35. The van der Waals surface area contributed by atoms with Gasteiger partial charge in [0, 0.05) is 18.7 Å². The molecule has 1 atom stereocenters. The first-order valence-electron chi connectivity index (χ1n) is 6.59. The minimum Gasteiger partial charge on any atom is -0.378 e. The lowest BCUT2D eigenvalue weighted by molar-refractivity contribution is 0.104. The van der Waals surface area contributed by atoms with E-state index in [1.165, 1.54) is 0 Å². The van der Waals surface area contributed by atoms with Crippen LogP contribution in [-0.2, 0) is 17.7 Å². The molecule has 0 amide bonds. The van der Waals surface area contributed by atoms with E-state index in [0.29, 0.717) is 24.7 Å². The molecule has 3 rings (SSSR count). The number of ether oxygens (including phenoxy) is 1. The van der Waals surface area contributed by atoms with Crippen molar-refractivity contribution in [2.75, 3.05) is 6.61 Å². The zero-order chi connectivity index (χ0) is 13.1. The van der Waals surface area contributed by atoms with Crippen molar-refractivity contribution < 1.29 is 9.26 Å². The predicted octanol–water partition coefficient (Wildman–Crippen LogP) is 1.92. The van der Waals surface area contributed by atoms with Crippen molar-refractivity contribution in [2.24, 2.45) is 5.73 Å². The molecule has 2 N–H and O–H groups in total. The van der Waals surface area contributed by atoms with E-state index in [9.17, 15) is 0 Å². The van der Waals surface area contributed by atoms with Crippen molar-refractivity contribution in [2.45, 2.75) is 31.9 Å². The molecule has 0 spiro atoms. The average molecular weight is 259 g/mol. The number of benzene rings is 1. The maximum atomic E-state index is 5.57. The minimum atomic E-state index is 0.230. The second-order valence-corrected chi connectivity index (χ2v) is 4.75. The smallest absolute Gasteiger partial charge is 0.229 e. The largest absolute Gasteiger partial charge is 0.378 e. The van der Waals surface area contributed by atoms with Gasteiger partial charge in [-0.25, -0.2) is 0 Å². The molecule has 1 aromatic heterocycles. The van der Waals surface area contributed by atoms with Crippen LogP contribution in [0.15, 0.2) is 28.8 Å². The van der Waals surface area contributed by atoms with Gasteiger partial charge in [0.2, 0.25) is 11.7 Å². The van der Waals surface area contributed by atoms with Gasteiger partial charge in [-0.05, 0) is 18.4 Å². The Labute approximate surface area is 111 Å². The van der Waals surface area contributed by atoms with E-state index in [4.69, 9.17) is 15.0 Å². The van der Waals surface area contributed by atoms with Crippen LogP contribution in [0.1, 0.15) is 24.3 Å². The fourth-order valence-electron chi connectivity index (χ4n) is 2.25. The highest BCUT2D eigenvalue weighted by atomic mass is 16.5. The summed E-state index contributed by atoms with van der Waals surface area (Å²) < 4.78 is 10.8. The highest BCUT2D eigenvalue weighted by Crippen LogP contribution is 2.20. The van der Waals surface area contributed by atoms with E-state index in [-0.39, 0.29) is 6.10 Å². The van der Waals surface area contributed by atoms with Crippen molar-refractivity contribution in [3.05, 3.63) is 35.7 Å². The van der Waals surface area contributed by atoms with Crippen LogP contribution in [0.2, 0.25) is 0 Å². The zero-order valence-electron chi connectivity index (χ0n) is 10.7. The first-order valence-corrected chi connectivity index (χ1v) is 6.59. The summed E-state index contributed by atoms with van der Waals surface area (Å²) >= 11 is 0. The highest BCUT2D eigenvalue weighted by molar-refractivity contribution is 5.54. The number of nitrogens with two attached hydrogens (primary N) is 1. The molecule has 0 aliphatic carbocycles. The molecule has 1 aromatic carbocycles. The van der Waals surface area contributed by atoms with Crippen LogP contribution in [0.4, 0.5) is 0 Å². The Kier molecular flexibility index (Phi) is 3.57. The van der Waals surface area contributed by atoms with Gasteiger partial charge in [-0.2, -0.15) is 4.98 Å². The van der Waals surface area contributed by atoms with Crippen molar-refractivity contribution in [1.29, 1.82) is 0 Å². The van der Waals surface area contributed by atoms with E-state index in [1.54, 1.807) is 0 Å². The summed E-state index contributed by atoms with van der Waals surface area (Å²) in [7, 11) is 0. The van der Waals surface area contributed by atoms with Gasteiger partial charge in [0.1, 0.15) is 0 Å². The number of hydrogen-bond acceptors (Lipinski definition) is 5. The monoisotopic (exact) mass is 259 g/mol. The van der Waals surface area contributed by atoms with E-state index in [1.807, 2.05) is 24.3 Å². The van der Waals surface area contributed by atoms with E-state index >= 15 is 0 Å². The molecule has 1 aliphatic rings. The third kappa shape index (κ3) is 2.83. The molecular weight excluding hydrogens is 242 g/mol. The molecule has 0 saturated carbocycles. The molecule has 1 saturated heterocycles. The number of aromatic nitrogens is 2. The molecule has 1 aliphatic heterocycles. The van der Waals surface area contributed by atoms with Gasteiger partial charge in [-0.1, -0.05) is 29.4 Å². The zero-order valence-corrected chi connectivity index (χ0v) is 10.7. The highest BCUT2D eigenvalue weighted by Gasteiger charge is 2.19. The molecule has 5 heteroatoms. The fourth-order valence-corrected chi connectivity index (χ4v) is 2.25. The Morgan fingerprint density at radius 3 is 2.79 bits per heavy atom. The second kappa shape index (κ2) is 5.50. The van der Waals surface area contributed by atoms with Crippen LogP contribution >= 0.6 is 0 Å². The second-order valence-electron chi connectivity index (χ2n) is 4.75. The molecule has 1 fully saturated rings. The Balaban J connectivity index is 1.72. The van der Waals surface area contributed by atoms with Crippen molar-refractivity contribution in [3.8, 4) is 11.4 Å². The normalized spacial score (nSPS) is 18.9. The number of rotatable bonds is 4. The van der Waals surface area contributed by atoms with E-state index in [0.717, 1.165) is 30.6 Å². The van der Waals surface area contributed by atoms with Gasteiger partial charge in [0.25, 0.3) is 0 Å². The van der Waals surface area contributed by atoms with Gasteiger partial charge in [0.15, 0.2) is 0 Å². The van der Waals surface area contributed by atoms with Crippen LogP contribution in [-0.4, -0.2) is 22.9 Å². The quantitative estimate of drug-likeness (QED) is 0.908. The maximum Gasteiger partial charge on any atom is 0.229 e. The summed E-state index contributed by atoms with van der Waals surface area (Å²) in [6, 6.07) is 7.88. The topological polar surface area (TPSA) is 74.2 Å². The summed E-state index contributed by atoms with van der Waals surface area (Å²) in [6.45, 7) is 1.38. The maximum absolute atomic E-state index is 5.57. The molecule has 19 heavy (non-hydrogen) atoms. The lowest BCUT2D eigenvalue weighted by Gasteiger charge is -2.03. The third-order valence-corrected chi connectivity index (χ3v) is 3.34. The van der Waals surface area contributed by atoms with Gasteiger partial charge < -0.3 is 15.0 Å². The van der Waals surface area contributed by atoms with Crippen LogP contribution < -0.4 is 5.73 Å². The van der Waals surface area contributed by atoms with E-state index < -0.39 is 0 Å². The molecule has 1 unspecified atom stereocenters. The summed E-state index contributed by atoms with van der Waals surface area (Å²) in [5.74, 6) is 1.27. The number of hydrogen-bond donors (Lipinski definition) is 1. The van der Waals surface area contributed by atoms with E-state index in [2.05, 4.69) is 10.1 Å². The van der Waals surface area contributed by atoms with Crippen LogP contribution in [0.3, 0.4) is 0 Å². The third-order valence-electron chi connectivity index (χ3n) is 3.34. The van der Waals surface area contributed by atoms with Gasteiger partial charge >= 0.3 is 0 Å². The van der Waals surface area contributed by atoms with Gasteiger partial charge in [0.05, 0.1) is 12.5 Å². The molecular formula is C14H17N3O2. The number of nitrogens with zero attached hydrogens (tertiary/aromatic N) is 2. The predicted molar refractivity (Wildman–Crippen MR) is 70.3 cm³/mol. The molecule has 2 aromatic rings. The molecule has 5 nitrogen and oxygen atoms in total. The van der Waals surface area contributed by atoms with Crippen molar-refractivity contribution in [3.63, 3.8) is 0 Å². The SMILES string of the molecule is NCc1ccc(-c2noc(CC3CCCO3)n2)cc1. The summed E-state index contributed by atoms with van der Waals surface area (Å²) in [4.78, 5) is 4.41. The summed E-state index contributed by atoms with van der Waals surface area (Å²) in [6.07, 6.45) is 3.12. The minimum absolute atomic E-state index is 0.230. The van der Waals surface area contributed by atoms with Crippen LogP contribution in [0.25, 0.3) is 11.4 Å². The fraction of sp³-hybridized carbons (Fsp3) is 0.429. The standard InChI is InChI=1S/C14H17N3O2/c15-9-10-3-5-11(6-4-10)14-16-13(19-17-14)8-12-2-1-7-18-12/h3-6,12H,1-2,7-9,15H2.